The summed E-state index contributed by atoms with van der Waals surface area (Å²) in [7, 11) is -4.00. The van der Waals surface area contributed by atoms with Crippen LogP contribution in [0.4, 0.5) is 20.4 Å². The van der Waals surface area contributed by atoms with Crippen LogP contribution in [0.3, 0.4) is 0 Å². The molecule has 1 aliphatic heterocycles. The van der Waals surface area contributed by atoms with Gasteiger partial charge in [0.25, 0.3) is 0 Å². The zero-order chi connectivity index (χ0) is 28.2. The molecule has 4 aromatic rings. The summed E-state index contributed by atoms with van der Waals surface area (Å²) < 4.78 is 60.3. The molecule has 0 radical (unpaired) electrons. The molecule has 0 unspecified atom stereocenters. The Morgan fingerprint density at radius 2 is 1.88 bits per heavy atom. The minimum atomic E-state index is -4.00. The highest BCUT2D eigenvalue weighted by Crippen LogP contribution is 2.36. The number of hydrogen-bond donors (Lipinski definition) is 3. The molecule has 1 aliphatic rings. The Kier molecular flexibility index (Phi) is 8.08. The van der Waals surface area contributed by atoms with Gasteiger partial charge in [-0.15, -0.1) is 0 Å². The molecule has 1 saturated heterocycles. The van der Waals surface area contributed by atoms with Gasteiger partial charge in [0.1, 0.15) is 5.75 Å². The van der Waals surface area contributed by atoms with E-state index in [0.29, 0.717) is 46.5 Å². The SMILES string of the molecule is CC(F)(F)CCS(=O)(=O)Nc1cccc2c(Oc3ncccc3-c3ccnc(N[C@H]4CCCNC4)n3)cccc12. The first-order chi connectivity index (χ1) is 19.2. The van der Waals surface area contributed by atoms with Crippen LogP contribution in [0.1, 0.15) is 26.2 Å². The third kappa shape index (κ3) is 6.99. The van der Waals surface area contributed by atoms with Crippen LogP contribution in [-0.2, 0) is 10.0 Å². The molecule has 0 bridgehead atoms. The summed E-state index contributed by atoms with van der Waals surface area (Å²) in [6, 6.07) is 15.9. The highest BCUT2D eigenvalue weighted by atomic mass is 32.2. The van der Waals surface area contributed by atoms with Gasteiger partial charge in [-0.05, 0) is 56.6 Å². The van der Waals surface area contributed by atoms with Crippen molar-refractivity contribution in [3.8, 4) is 22.9 Å². The van der Waals surface area contributed by atoms with E-state index in [1.807, 2.05) is 6.07 Å². The van der Waals surface area contributed by atoms with Crippen molar-refractivity contribution in [1.82, 2.24) is 20.3 Å². The van der Waals surface area contributed by atoms with Gasteiger partial charge in [-0.3, -0.25) is 4.72 Å². The quantitative estimate of drug-likeness (QED) is 0.232. The summed E-state index contributed by atoms with van der Waals surface area (Å²) in [4.78, 5) is 13.5. The molecular weight excluding hydrogens is 538 g/mol. The first-order valence-electron chi connectivity index (χ1n) is 13.0. The Morgan fingerprint density at radius 1 is 1.05 bits per heavy atom. The fraction of sp³-hybridized carbons (Fsp3) is 0.321. The largest absolute Gasteiger partial charge is 0.438 e. The van der Waals surface area contributed by atoms with Crippen molar-refractivity contribution in [2.75, 3.05) is 28.9 Å². The second-order valence-corrected chi connectivity index (χ2v) is 11.7. The van der Waals surface area contributed by atoms with Crippen molar-refractivity contribution in [3.05, 3.63) is 67.0 Å². The maximum Gasteiger partial charge on any atom is 0.246 e. The van der Waals surface area contributed by atoms with E-state index in [0.717, 1.165) is 25.9 Å². The second kappa shape index (κ2) is 11.7. The highest BCUT2D eigenvalue weighted by Gasteiger charge is 2.25. The predicted molar refractivity (Wildman–Crippen MR) is 151 cm³/mol. The highest BCUT2D eigenvalue weighted by molar-refractivity contribution is 7.92. The zero-order valence-electron chi connectivity index (χ0n) is 21.9. The lowest BCUT2D eigenvalue weighted by atomic mass is 10.1. The number of nitrogens with one attached hydrogen (secondary N) is 3. The van der Waals surface area contributed by atoms with Gasteiger partial charge in [0.2, 0.25) is 27.8 Å². The molecule has 0 amide bonds. The number of fused-ring (bicyclic) bond motifs is 1. The van der Waals surface area contributed by atoms with E-state index in [1.165, 1.54) is 0 Å². The van der Waals surface area contributed by atoms with Crippen molar-refractivity contribution in [1.29, 1.82) is 0 Å². The van der Waals surface area contributed by atoms with Crippen molar-refractivity contribution < 1.29 is 21.9 Å². The van der Waals surface area contributed by atoms with E-state index in [-0.39, 0.29) is 11.7 Å². The lowest BCUT2D eigenvalue weighted by Gasteiger charge is -2.23. The normalized spacial score (nSPS) is 16.0. The van der Waals surface area contributed by atoms with Gasteiger partial charge in [0.05, 0.1) is 22.7 Å². The average molecular weight is 569 g/mol. The fourth-order valence-electron chi connectivity index (χ4n) is 4.50. The Bertz CT molecular complexity index is 1590. The monoisotopic (exact) mass is 568 g/mol. The molecular formula is C28H30F2N6O3S. The van der Waals surface area contributed by atoms with Gasteiger partial charge in [0, 0.05) is 42.2 Å². The molecule has 0 spiro atoms. The molecule has 40 heavy (non-hydrogen) atoms. The van der Waals surface area contributed by atoms with Gasteiger partial charge in [-0.25, -0.2) is 32.2 Å². The van der Waals surface area contributed by atoms with E-state index in [1.54, 1.807) is 60.9 Å². The molecule has 1 atom stereocenters. The fourth-order valence-corrected chi connectivity index (χ4v) is 5.74. The second-order valence-electron chi connectivity index (χ2n) is 9.81. The summed E-state index contributed by atoms with van der Waals surface area (Å²) >= 11 is 0. The predicted octanol–water partition coefficient (Wildman–Crippen LogP) is 5.44. The molecule has 9 nitrogen and oxygen atoms in total. The number of pyridine rings is 1. The summed E-state index contributed by atoms with van der Waals surface area (Å²) in [5.74, 6) is -2.51. The maximum absolute atomic E-state index is 13.3. The van der Waals surface area contributed by atoms with Crippen LogP contribution >= 0.6 is 0 Å². The van der Waals surface area contributed by atoms with Crippen molar-refractivity contribution in [2.24, 2.45) is 0 Å². The summed E-state index contributed by atoms with van der Waals surface area (Å²) in [6.07, 6.45) is 4.64. The molecule has 210 valence electrons. The van der Waals surface area contributed by atoms with Crippen LogP contribution in [0.5, 0.6) is 11.6 Å². The van der Waals surface area contributed by atoms with E-state index < -0.39 is 28.1 Å². The summed E-state index contributed by atoms with van der Waals surface area (Å²) in [5.41, 5.74) is 1.56. The van der Waals surface area contributed by atoms with Crippen LogP contribution in [0, 0.1) is 0 Å². The van der Waals surface area contributed by atoms with Crippen molar-refractivity contribution in [3.63, 3.8) is 0 Å². The van der Waals surface area contributed by atoms with Crippen molar-refractivity contribution in [2.45, 2.75) is 38.2 Å². The first-order valence-corrected chi connectivity index (χ1v) is 14.7. The van der Waals surface area contributed by atoms with Crippen molar-refractivity contribution >= 4 is 32.4 Å². The number of benzene rings is 2. The molecule has 5 rings (SSSR count). The minimum absolute atomic E-state index is 0.245. The van der Waals surface area contributed by atoms with Crippen LogP contribution < -0.4 is 20.1 Å². The first kappa shape index (κ1) is 27.7. The van der Waals surface area contributed by atoms with Crippen LogP contribution in [0.15, 0.2) is 67.0 Å². The molecule has 3 N–H and O–H groups in total. The molecule has 1 fully saturated rings. The Balaban J connectivity index is 1.41. The van der Waals surface area contributed by atoms with Gasteiger partial charge < -0.3 is 15.4 Å². The maximum atomic E-state index is 13.3. The number of piperidine rings is 1. The lowest BCUT2D eigenvalue weighted by molar-refractivity contribution is 0.0189. The van der Waals surface area contributed by atoms with E-state index in [4.69, 9.17) is 9.72 Å². The average Bonchev–Trinajstić information content (AvgIpc) is 2.93. The van der Waals surface area contributed by atoms with Gasteiger partial charge >= 0.3 is 0 Å². The smallest absolute Gasteiger partial charge is 0.246 e. The van der Waals surface area contributed by atoms with Gasteiger partial charge in [-0.1, -0.05) is 24.3 Å². The van der Waals surface area contributed by atoms with Crippen LogP contribution in [0.2, 0.25) is 0 Å². The summed E-state index contributed by atoms with van der Waals surface area (Å²) in [6.45, 7) is 2.55. The number of aromatic nitrogens is 3. The van der Waals surface area contributed by atoms with Gasteiger partial charge in [0.15, 0.2) is 0 Å². The lowest BCUT2D eigenvalue weighted by Crippen LogP contribution is -2.38. The summed E-state index contributed by atoms with van der Waals surface area (Å²) in [5, 5.41) is 7.92. The number of ether oxygens (including phenoxy) is 1. The van der Waals surface area contributed by atoms with E-state index >= 15 is 0 Å². The Labute approximate surface area is 231 Å². The number of hydrogen-bond acceptors (Lipinski definition) is 8. The topological polar surface area (TPSA) is 118 Å². The van der Waals surface area contributed by atoms with E-state index in [2.05, 4.69) is 25.3 Å². The van der Waals surface area contributed by atoms with Gasteiger partial charge in [-0.2, -0.15) is 0 Å². The number of rotatable bonds is 10. The standard InChI is InChI=1S/C28H30F2N6O3S/c1-28(29,30)13-17-40(37,38)36-24-10-2-8-21-20(24)7-3-11-25(21)39-26-22(9-5-15-32-26)23-12-16-33-27(35-23)34-19-6-4-14-31-18-19/h2-3,5,7-12,15-16,19,31,36H,4,6,13-14,17-18H2,1H3,(H,33,34,35)/t19-/m0/s1. The number of nitrogens with zero attached hydrogens (tertiary/aromatic N) is 3. The number of halogens is 2. The molecule has 0 saturated carbocycles. The van der Waals surface area contributed by atoms with Crippen LogP contribution in [-0.4, -0.2) is 54.2 Å². The molecule has 3 heterocycles. The number of alkyl halides is 2. The van der Waals surface area contributed by atoms with Crippen LogP contribution in [0.25, 0.3) is 22.0 Å². The third-order valence-electron chi connectivity index (χ3n) is 6.50. The number of anilines is 2. The molecule has 12 heteroatoms. The molecule has 0 aliphatic carbocycles. The minimum Gasteiger partial charge on any atom is -0.438 e. The molecule has 2 aromatic heterocycles. The zero-order valence-corrected chi connectivity index (χ0v) is 22.7. The Morgan fingerprint density at radius 3 is 2.67 bits per heavy atom. The molecule has 2 aromatic carbocycles. The third-order valence-corrected chi connectivity index (χ3v) is 7.77. The number of sulfonamides is 1. The Hall–Kier alpha value is -3.90. The van der Waals surface area contributed by atoms with E-state index in [9.17, 15) is 17.2 Å².